The van der Waals surface area contributed by atoms with Gasteiger partial charge in [-0.2, -0.15) is 0 Å². The van der Waals surface area contributed by atoms with Crippen LogP contribution >= 0.6 is 0 Å². The van der Waals surface area contributed by atoms with Gasteiger partial charge in [0.05, 0.1) is 0 Å². The summed E-state index contributed by atoms with van der Waals surface area (Å²) in [5.74, 6) is 0.0559. The normalized spacial score (nSPS) is 19.2. The summed E-state index contributed by atoms with van der Waals surface area (Å²) in [5, 5.41) is 3.31. The number of benzene rings is 2. The van der Waals surface area contributed by atoms with Crippen LogP contribution in [-0.4, -0.2) is 11.9 Å². The minimum absolute atomic E-state index is 0.0559. The molecule has 2 aliphatic rings. The topological polar surface area (TPSA) is 29.1 Å². The van der Waals surface area contributed by atoms with Crippen LogP contribution in [0.5, 0.6) is 0 Å². The Morgan fingerprint density at radius 3 is 1.78 bits per heavy atom. The van der Waals surface area contributed by atoms with Crippen LogP contribution in [-0.2, 0) is 10.8 Å². The summed E-state index contributed by atoms with van der Waals surface area (Å²) in [6.07, 6.45) is 12.3. The van der Waals surface area contributed by atoms with Crippen LogP contribution in [0, 0.1) is 6.92 Å². The standard InChI is InChI=1S/C33H45NO.C2H6/c1-23-21-29-30(33(5,6)20-19-32(29,3)4)22-28(23)24(2)25-15-17-26(18-16-25)31(35)34-27-13-11-9-7-8-10-12-14-27;1-2/h15-18,21-22,27H,2,7-14,19-20H2,1,3-6H3,(H,34,35);1-2H3. The van der Waals surface area contributed by atoms with Crippen LogP contribution in [0.4, 0.5) is 0 Å². The van der Waals surface area contributed by atoms with Crippen LogP contribution in [0.15, 0.2) is 43.0 Å². The Morgan fingerprint density at radius 1 is 0.784 bits per heavy atom. The van der Waals surface area contributed by atoms with Gasteiger partial charge in [0.15, 0.2) is 0 Å². The van der Waals surface area contributed by atoms with Crippen LogP contribution in [0.2, 0.25) is 0 Å². The van der Waals surface area contributed by atoms with E-state index in [0.29, 0.717) is 6.04 Å². The third-order valence-electron chi connectivity index (χ3n) is 8.71. The van der Waals surface area contributed by atoms with E-state index in [2.05, 4.69) is 70.8 Å². The number of hydrogen-bond donors (Lipinski definition) is 1. The first-order valence-electron chi connectivity index (χ1n) is 14.8. The molecule has 0 spiro atoms. The fourth-order valence-electron chi connectivity index (χ4n) is 6.07. The van der Waals surface area contributed by atoms with Crippen molar-refractivity contribution < 1.29 is 4.79 Å². The van der Waals surface area contributed by atoms with E-state index in [0.717, 1.165) is 29.5 Å². The van der Waals surface area contributed by atoms with E-state index in [-0.39, 0.29) is 16.7 Å². The molecule has 0 unspecified atom stereocenters. The number of hydrogen-bond acceptors (Lipinski definition) is 1. The number of carbonyl (C=O) groups excluding carboxylic acids is 1. The fourth-order valence-corrected chi connectivity index (χ4v) is 6.07. The van der Waals surface area contributed by atoms with Crippen LogP contribution in [0.3, 0.4) is 0 Å². The Bertz CT molecular complexity index is 1060. The molecule has 2 nitrogen and oxygen atoms in total. The van der Waals surface area contributed by atoms with Gasteiger partial charge in [0.2, 0.25) is 0 Å². The molecule has 1 saturated carbocycles. The zero-order valence-corrected chi connectivity index (χ0v) is 24.7. The van der Waals surface area contributed by atoms with Gasteiger partial charge in [-0.25, -0.2) is 0 Å². The Balaban J connectivity index is 0.00000186. The van der Waals surface area contributed by atoms with Crippen LogP contribution in [0.1, 0.15) is 144 Å². The van der Waals surface area contributed by atoms with Crippen molar-refractivity contribution in [2.45, 2.75) is 130 Å². The SMILES string of the molecule is C=C(c1ccc(C(=O)NC2CCCCCCCC2)cc1)c1cc2c(cc1C)C(C)(C)CCC2(C)C.CC. The summed E-state index contributed by atoms with van der Waals surface area (Å²) in [6, 6.07) is 13.2. The molecule has 202 valence electrons. The predicted octanol–water partition coefficient (Wildman–Crippen LogP) is 9.66. The van der Waals surface area contributed by atoms with Crippen molar-refractivity contribution in [2.75, 3.05) is 0 Å². The van der Waals surface area contributed by atoms with Gasteiger partial charge < -0.3 is 5.32 Å². The maximum absolute atomic E-state index is 13.0. The number of aryl methyl sites for hydroxylation is 1. The molecule has 2 heteroatoms. The Hall–Kier alpha value is -2.35. The summed E-state index contributed by atoms with van der Waals surface area (Å²) in [7, 11) is 0. The highest BCUT2D eigenvalue weighted by atomic mass is 16.1. The van der Waals surface area contributed by atoms with E-state index in [1.54, 1.807) is 0 Å². The third-order valence-corrected chi connectivity index (χ3v) is 8.71. The van der Waals surface area contributed by atoms with Gasteiger partial charge in [-0.3, -0.25) is 4.79 Å². The lowest BCUT2D eigenvalue weighted by molar-refractivity contribution is 0.0932. The lowest BCUT2D eigenvalue weighted by atomic mass is 9.62. The van der Waals surface area contributed by atoms with Crippen molar-refractivity contribution >= 4 is 11.5 Å². The maximum Gasteiger partial charge on any atom is 0.251 e. The highest BCUT2D eigenvalue weighted by Crippen LogP contribution is 2.47. The highest BCUT2D eigenvalue weighted by Gasteiger charge is 2.37. The van der Waals surface area contributed by atoms with E-state index in [1.807, 2.05) is 26.0 Å². The summed E-state index contributed by atoms with van der Waals surface area (Å²) in [5.41, 5.74) is 8.69. The molecule has 1 fully saturated rings. The van der Waals surface area contributed by atoms with E-state index < -0.39 is 0 Å². The fraction of sp³-hybridized carbons (Fsp3) is 0.571. The molecule has 2 aromatic carbocycles. The molecular weight excluding hydrogens is 450 g/mol. The third kappa shape index (κ3) is 6.95. The van der Waals surface area contributed by atoms with Crippen molar-refractivity contribution in [2.24, 2.45) is 0 Å². The van der Waals surface area contributed by atoms with Crippen molar-refractivity contribution in [3.8, 4) is 0 Å². The molecule has 0 radical (unpaired) electrons. The number of nitrogens with one attached hydrogen (secondary N) is 1. The molecule has 0 aromatic heterocycles. The van der Waals surface area contributed by atoms with Gasteiger partial charge in [-0.1, -0.05) is 111 Å². The number of fused-ring (bicyclic) bond motifs is 1. The number of rotatable bonds is 4. The van der Waals surface area contributed by atoms with E-state index in [9.17, 15) is 4.79 Å². The molecule has 0 saturated heterocycles. The molecule has 0 heterocycles. The van der Waals surface area contributed by atoms with Gasteiger partial charge in [-0.15, -0.1) is 0 Å². The molecule has 1 amide bonds. The molecule has 0 aliphatic heterocycles. The average molecular weight is 502 g/mol. The molecule has 2 aromatic rings. The van der Waals surface area contributed by atoms with Crippen LogP contribution < -0.4 is 5.32 Å². The summed E-state index contributed by atoms with van der Waals surface area (Å²) in [6.45, 7) is 20.2. The van der Waals surface area contributed by atoms with Crippen LogP contribution in [0.25, 0.3) is 5.57 Å². The molecule has 4 rings (SSSR count). The second-order valence-corrected chi connectivity index (χ2v) is 12.4. The Kier molecular flexibility index (Phi) is 9.84. The first kappa shape index (κ1) is 29.2. The lowest BCUT2D eigenvalue weighted by Crippen LogP contribution is -2.34. The molecule has 0 bridgehead atoms. The van der Waals surface area contributed by atoms with Gasteiger partial charge in [0.1, 0.15) is 0 Å². The van der Waals surface area contributed by atoms with Crippen molar-refractivity contribution in [1.29, 1.82) is 0 Å². The second-order valence-electron chi connectivity index (χ2n) is 12.4. The summed E-state index contributed by atoms with van der Waals surface area (Å²) in [4.78, 5) is 13.0. The summed E-state index contributed by atoms with van der Waals surface area (Å²) >= 11 is 0. The van der Waals surface area contributed by atoms with Crippen molar-refractivity contribution in [1.82, 2.24) is 5.32 Å². The first-order chi connectivity index (χ1) is 17.6. The molecule has 37 heavy (non-hydrogen) atoms. The monoisotopic (exact) mass is 501 g/mol. The van der Waals surface area contributed by atoms with Gasteiger partial charge in [0, 0.05) is 11.6 Å². The zero-order chi connectivity index (χ0) is 27.2. The Labute approximate surface area is 227 Å². The molecule has 1 N–H and O–H groups in total. The lowest BCUT2D eigenvalue weighted by Gasteiger charge is -2.42. The van der Waals surface area contributed by atoms with Crippen molar-refractivity contribution in [3.05, 3.63) is 76.4 Å². The summed E-state index contributed by atoms with van der Waals surface area (Å²) < 4.78 is 0. The molecule has 2 aliphatic carbocycles. The minimum Gasteiger partial charge on any atom is -0.349 e. The zero-order valence-electron chi connectivity index (χ0n) is 24.7. The predicted molar refractivity (Wildman–Crippen MR) is 161 cm³/mol. The number of amides is 1. The minimum atomic E-state index is 0.0559. The average Bonchev–Trinajstić information content (AvgIpc) is 3.01. The van der Waals surface area contributed by atoms with Gasteiger partial charge in [-0.05, 0) is 89.0 Å². The van der Waals surface area contributed by atoms with Gasteiger partial charge >= 0.3 is 0 Å². The largest absolute Gasteiger partial charge is 0.349 e. The molecule has 0 atom stereocenters. The first-order valence-corrected chi connectivity index (χ1v) is 14.8. The van der Waals surface area contributed by atoms with Gasteiger partial charge in [0.25, 0.3) is 5.91 Å². The molecular formula is C35H51NO. The van der Waals surface area contributed by atoms with E-state index >= 15 is 0 Å². The Morgan fingerprint density at radius 2 is 1.24 bits per heavy atom. The van der Waals surface area contributed by atoms with E-state index in [4.69, 9.17) is 0 Å². The maximum atomic E-state index is 13.0. The second kappa shape index (κ2) is 12.5. The van der Waals surface area contributed by atoms with Crippen molar-refractivity contribution in [3.63, 3.8) is 0 Å². The van der Waals surface area contributed by atoms with E-state index in [1.165, 1.54) is 73.6 Å². The highest BCUT2D eigenvalue weighted by molar-refractivity contribution is 5.95. The smallest absolute Gasteiger partial charge is 0.251 e. The quantitative estimate of drug-likeness (QED) is 0.444. The number of carbonyl (C=O) groups is 1.